The zero-order chi connectivity index (χ0) is 19.8. The van der Waals surface area contributed by atoms with E-state index < -0.39 is 0 Å². The summed E-state index contributed by atoms with van der Waals surface area (Å²) in [5, 5.41) is 7.67. The van der Waals surface area contributed by atoms with Crippen molar-refractivity contribution < 1.29 is 4.79 Å². The molecule has 0 N–H and O–H groups in total. The van der Waals surface area contributed by atoms with Gasteiger partial charge in [-0.25, -0.2) is 14.6 Å². The van der Waals surface area contributed by atoms with Gasteiger partial charge >= 0.3 is 0 Å². The topological polar surface area (TPSA) is 67.2 Å². The van der Waals surface area contributed by atoms with E-state index in [0.29, 0.717) is 18.8 Å². The van der Waals surface area contributed by atoms with Gasteiger partial charge in [-0.1, -0.05) is 18.2 Å². The molecule has 0 spiro atoms. The van der Waals surface area contributed by atoms with Crippen molar-refractivity contribution in [3.63, 3.8) is 0 Å². The van der Waals surface area contributed by atoms with Crippen molar-refractivity contribution in [1.29, 1.82) is 0 Å². The highest BCUT2D eigenvalue weighted by molar-refractivity contribution is 7.16. The maximum Gasteiger partial charge on any atom is 0.274 e. The molecule has 29 heavy (non-hydrogen) atoms. The molecule has 0 atom stereocenters. The van der Waals surface area contributed by atoms with E-state index in [0.717, 1.165) is 40.5 Å². The summed E-state index contributed by atoms with van der Waals surface area (Å²) in [6.07, 6.45) is 1.62. The quantitative estimate of drug-likeness (QED) is 0.525. The van der Waals surface area contributed by atoms with Gasteiger partial charge in [-0.05, 0) is 36.6 Å². The fourth-order valence-corrected chi connectivity index (χ4v) is 4.45. The Balaban J connectivity index is 1.31. The zero-order valence-corrected chi connectivity index (χ0v) is 16.8. The fourth-order valence-electron chi connectivity index (χ4n) is 3.72. The van der Waals surface area contributed by atoms with Crippen molar-refractivity contribution in [2.75, 3.05) is 31.1 Å². The third kappa shape index (κ3) is 3.25. The van der Waals surface area contributed by atoms with Crippen LogP contribution in [0.5, 0.6) is 0 Å². The Morgan fingerprint density at radius 3 is 2.62 bits per heavy atom. The van der Waals surface area contributed by atoms with Gasteiger partial charge < -0.3 is 9.80 Å². The highest BCUT2D eigenvalue weighted by Gasteiger charge is 2.26. The third-order valence-electron chi connectivity index (χ3n) is 5.21. The van der Waals surface area contributed by atoms with Gasteiger partial charge in [0.15, 0.2) is 5.69 Å². The Bertz CT molecular complexity index is 1160. The molecule has 1 aliphatic heterocycles. The number of anilines is 1. The van der Waals surface area contributed by atoms with Crippen molar-refractivity contribution in [3.05, 3.63) is 65.6 Å². The van der Waals surface area contributed by atoms with E-state index in [1.807, 2.05) is 58.3 Å². The standard InChI is InChI=1S/C21H20N6OS/c1-15-13-18(24-27(15)16-5-3-2-4-6-16)21(28)26-10-8-25(9-11-26)19-17-7-12-29-20(17)23-14-22-19/h2-7,12-14H,8-11H2,1H3. The smallest absolute Gasteiger partial charge is 0.274 e. The third-order valence-corrected chi connectivity index (χ3v) is 6.04. The molecule has 0 saturated carbocycles. The van der Waals surface area contributed by atoms with Crippen LogP contribution >= 0.6 is 11.3 Å². The van der Waals surface area contributed by atoms with Crippen LogP contribution in [0.4, 0.5) is 5.82 Å². The summed E-state index contributed by atoms with van der Waals surface area (Å²) in [6, 6.07) is 13.8. The molecule has 1 fully saturated rings. The predicted octanol–water partition coefficient (Wildman–Crippen LogP) is 3.15. The van der Waals surface area contributed by atoms with Gasteiger partial charge in [0.25, 0.3) is 5.91 Å². The second kappa shape index (κ2) is 7.29. The summed E-state index contributed by atoms with van der Waals surface area (Å²) in [5.41, 5.74) is 2.39. The SMILES string of the molecule is Cc1cc(C(=O)N2CCN(c3ncnc4sccc34)CC2)nn1-c1ccccc1. The summed E-state index contributed by atoms with van der Waals surface area (Å²) in [6.45, 7) is 4.74. The van der Waals surface area contributed by atoms with Crippen molar-refractivity contribution >= 4 is 33.3 Å². The number of thiophene rings is 1. The second-order valence-electron chi connectivity index (χ2n) is 7.03. The summed E-state index contributed by atoms with van der Waals surface area (Å²) in [4.78, 5) is 26.9. The maximum absolute atomic E-state index is 13.0. The zero-order valence-electron chi connectivity index (χ0n) is 16.0. The molecule has 146 valence electrons. The normalized spacial score (nSPS) is 14.5. The van der Waals surface area contributed by atoms with Gasteiger partial charge in [-0.3, -0.25) is 4.79 Å². The molecule has 1 aromatic carbocycles. The molecule has 1 amide bonds. The average Bonchev–Trinajstić information content (AvgIpc) is 3.40. The Kier molecular flexibility index (Phi) is 4.48. The van der Waals surface area contributed by atoms with E-state index in [1.54, 1.807) is 17.7 Å². The van der Waals surface area contributed by atoms with E-state index in [2.05, 4.69) is 26.0 Å². The first-order valence-electron chi connectivity index (χ1n) is 9.55. The minimum atomic E-state index is -0.0224. The van der Waals surface area contributed by atoms with Crippen LogP contribution in [0, 0.1) is 6.92 Å². The first kappa shape index (κ1) is 17.8. The number of hydrogen-bond donors (Lipinski definition) is 0. The Hall–Kier alpha value is -3.26. The van der Waals surface area contributed by atoms with Gasteiger partial charge in [0, 0.05) is 31.9 Å². The lowest BCUT2D eigenvalue weighted by atomic mass is 10.2. The average molecular weight is 404 g/mol. The van der Waals surface area contributed by atoms with Crippen molar-refractivity contribution in [1.82, 2.24) is 24.6 Å². The summed E-state index contributed by atoms with van der Waals surface area (Å²) < 4.78 is 1.82. The molecule has 7 nitrogen and oxygen atoms in total. The second-order valence-corrected chi connectivity index (χ2v) is 7.93. The van der Waals surface area contributed by atoms with E-state index >= 15 is 0 Å². The number of piperazine rings is 1. The number of carbonyl (C=O) groups is 1. The molecule has 1 aliphatic rings. The predicted molar refractivity (Wildman–Crippen MR) is 114 cm³/mol. The van der Waals surface area contributed by atoms with Crippen LogP contribution in [0.3, 0.4) is 0 Å². The van der Waals surface area contributed by atoms with Gasteiger partial charge in [0.05, 0.1) is 11.1 Å². The molecule has 4 aromatic rings. The van der Waals surface area contributed by atoms with Crippen LogP contribution in [0.25, 0.3) is 15.9 Å². The lowest BCUT2D eigenvalue weighted by Gasteiger charge is -2.35. The number of nitrogens with zero attached hydrogens (tertiary/aromatic N) is 6. The number of para-hydroxylation sites is 1. The number of hydrogen-bond acceptors (Lipinski definition) is 6. The van der Waals surface area contributed by atoms with Crippen molar-refractivity contribution in [2.45, 2.75) is 6.92 Å². The van der Waals surface area contributed by atoms with Gasteiger partial charge in [0.1, 0.15) is 17.0 Å². The molecular formula is C21H20N6OS. The minimum Gasteiger partial charge on any atom is -0.352 e. The van der Waals surface area contributed by atoms with Crippen molar-refractivity contribution in [2.24, 2.45) is 0 Å². The minimum absolute atomic E-state index is 0.0224. The number of fused-ring (bicyclic) bond motifs is 1. The monoisotopic (exact) mass is 404 g/mol. The number of rotatable bonds is 3. The van der Waals surface area contributed by atoms with E-state index in [4.69, 9.17) is 0 Å². The molecule has 8 heteroatoms. The number of aryl methyl sites for hydroxylation is 1. The maximum atomic E-state index is 13.0. The van der Waals surface area contributed by atoms with Crippen molar-refractivity contribution in [3.8, 4) is 5.69 Å². The Morgan fingerprint density at radius 1 is 1.03 bits per heavy atom. The Morgan fingerprint density at radius 2 is 1.83 bits per heavy atom. The number of amides is 1. The largest absolute Gasteiger partial charge is 0.352 e. The molecule has 0 radical (unpaired) electrons. The van der Waals surface area contributed by atoms with Crippen LogP contribution in [0.2, 0.25) is 0 Å². The number of carbonyl (C=O) groups excluding carboxylic acids is 1. The molecule has 0 unspecified atom stereocenters. The van der Waals surface area contributed by atoms with Crippen LogP contribution < -0.4 is 4.90 Å². The molecule has 1 saturated heterocycles. The van der Waals surface area contributed by atoms with Crippen LogP contribution in [0.1, 0.15) is 16.2 Å². The number of aromatic nitrogens is 4. The van der Waals surface area contributed by atoms with Crippen LogP contribution in [0.15, 0.2) is 54.2 Å². The van der Waals surface area contributed by atoms with Crippen LogP contribution in [-0.4, -0.2) is 56.7 Å². The number of benzene rings is 1. The fraction of sp³-hybridized carbons (Fsp3) is 0.238. The molecule has 4 heterocycles. The molecule has 5 rings (SSSR count). The van der Waals surface area contributed by atoms with Crippen LogP contribution in [-0.2, 0) is 0 Å². The van der Waals surface area contributed by atoms with E-state index in [-0.39, 0.29) is 5.91 Å². The highest BCUT2D eigenvalue weighted by Crippen LogP contribution is 2.27. The summed E-state index contributed by atoms with van der Waals surface area (Å²) in [5.74, 6) is 0.929. The van der Waals surface area contributed by atoms with Gasteiger partial charge in [-0.15, -0.1) is 11.3 Å². The lowest BCUT2D eigenvalue weighted by Crippen LogP contribution is -2.49. The summed E-state index contributed by atoms with van der Waals surface area (Å²) >= 11 is 1.62. The molecular weight excluding hydrogens is 384 g/mol. The molecule has 0 aliphatic carbocycles. The lowest BCUT2D eigenvalue weighted by molar-refractivity contribution is 0.0740. The van der Waals surface area contributed by atoms with Gasteiger partial charge in [0.2, 0.25) is 0 Å². The van der Waals surface area contributed by atoms with Gasteiger partial charge in [-0.2, -0.15) is 5.10 Å². The first-order valence-corrected chi connectivity index (χ1v) is 10.4. The Labute approximate surface area is 172 Å². The first-order chi connectivity index (χ1) is 14.2. The molecule has 3 aromatic heterocycles. The summed E-state index contributed by atoms with van der Waals surface area (Å²) in [7, 11) is 0. The van der Waals surface area contributed by atoms with E-state index in [9.17, 15) is 4.79 Å². The highest BCUT2D eigenvalue weighted by atomic mass is 32.1. The van der Waals surface area contributed by atoms with E-state index in [1.165, 1.54) is 0 Å². The molecule has 0 bridgehead atoms.